The average Bonchev–Trinajstić information content (AvgIpc) is 3.18. The van der Waals surface area contributed by atoms with Crippen LogP contribution in [0.15, 0.2) is 23.1 Å². The molecule has 1 atom stereocenters. The topological polar surface area (TPSA) is 88.2 Å². The SMILES string of the molecule is COC(=O)c1ccc(S(=O)(=O)N2CCC(N3CCNCC3)C2)c(OC)c1.Cl. The summed E-state index contributed by atoms with van der Waals surface area (Å²) in [5, 5.41) is 3.31. The lowest BCUT2D eigenvalue weighted by atomic mass is 10.2. The zero-order valence-corrected chi connectivity index (χ0v) is 17.1. The lowest BCUT2D eigenvalue weighted by Gasteiger charge is -2.32. The number of methoxy groups -OCH3 is 2. The lowest BCUT2D eigenvalue weighted by molar-refractivity contribution is 0.0600. The number of ether oxygens (including phenoxy) is 2. The zero-order valence-electron chi connectivity index (χ0n) is 15.5. The Morgan fingerprint density at radius 3 is 2.52 bits per heavy atom. The molecule has 10 heteroatoms. The molecule has 2 aliphatic rings. The number of esters is 1. The molecule has 3 rings (SSSR count). The van der Waals surface area contributed by atoms with Crippen molar-refractivity contribution in [1.82, 2.24) is 14.5 Å². The van der Waals surface area contributed by atoms with E-state index in [-0.39, 0.29) is 34.7 Å². The van der Waals surface area contributed by atoms with E-state index in [1.165, 1.54) is 36.7 Å². The van der Waals surface area contributed by atoms with Gasteiger partial charge in [0.15, 0.2) is 0 Å². The number of hydrogen-bond donors (Lipinski definition) is 1. The fourth-order valence-corrected chi connectivity index (χ4v) is 5.17. The van der Waals surface area contributed by atoms with E-state index in [1.54, 1.807) is 0 Å². The molecule has 1 aromatic carbocycles. The number of carbonyl (C=O) groups is 1. The molecule has 27 heavy (non-hydrogen) atoms. The molecule has 2 fully saturated rings. The first-order chi connectivity index (χ1) is 12.5. The molecular formula is C17H26ClN3O5S. The van der Waals surface area contributed by atoms with E-state index < -0.39 is 16.0 Å². The van der Waals surface area contributed by atoms with Crippen molar-refractivity contribution < 1.29 is 22.7 Å². The van der Waals surface area contributed by atoms with Crippen LogP contribution in [0.1, 0.15) is 16.8 Å². The summed E-state index contributed by atoms with van der Waals surface area (Å²) in [5.74, 6) is -0.384. The van der Waals surface area contributed by atoms with Crippen LogP contribution in [-0.2, 0) is 14.8 Å². The standard InChI is InChI=1S/C17H25N3O5S.ClH/c1-24-15-11-13(17(21)25-2)3-4-16(15)26(22,23)20-8-5-14(12-20)19-9-6-18-7-10-19;/h3-4,11,14,18H,5-10,12H2,1-2H3;1H. The number of nitrogens with zero attached hydrogens (tertiary/aromatic N) is 2. The number of rotatable bonds is 5. The summed E-state index contributed by atoms with van der Waals surface area (Å²) >= 11 is 0. The first-order valence-corrected chi connectivity index (χ1v) is 10.1. The van der Waals surface area contributed by atoms with Crippen LogP contribution in [-0.4, -0.2) is 83.1 Å². The normalized spacial score (nSPS) is 21.5. The molecule has 0 aliphatic carbocycles. The molecule has 0 amide bonds. The van der Waals surface area contributed by atoms with Crippen LogP contribution in [0.25, 0.3) is 0 Å². The summed E-state index contributed by atoms with van der Waals surface area (Å²) < 4.78 is 37.6. The molecule has 8 nitrogen and oxygen atoms in total. The number of halogens is 1. The van der Waals surface area contributed by atoms with E-state index in [0.717, 1.165) is 32.6 Å². The van der Waals surface area contributed by atoms with Gasteiger partial charge in [-0.1, -0.05) is 0 Å². The molecule has 1 unspecified atom stereocenters. The zero-order chi connectivity index (χ0) is 18.7. The molecular weight excluding hydrogens is 394 g/mol. The van der Waals surface area contributed by atoms with E-state index in [4.69, 9.17) is 4.74 Å². The predicted molar refractivity (Wildman–Crippen MR) is 103 cm³/mol. The van der Waals surface area contributed by atoms with Crippen molar-refractivity contribution in [1.29, 1.82) is 0 Å². The summed E-state index contributed by atoms with van der Waals surface area (Å²) in [6.07, 6.45) is 0.821. The van der Waals surface area contributed by atoms with E-state index in [9.17, 15) is 13.2 Å². The van der Waals surface area contributed by atoms with Crippen LogP contribution in [0.2, 0.25) is 0 Å². The van der Waals surface area contributed by atoms with Crippen LogP contribution in [0.3, 0.4) is 0 Å². The van der Waals surface area contributed by atoms with Gasteiger partial charge in [-0.15, -0.1) is 12.4 Å². The highest BCUT2D eigenvalue weighted by atomic mass is 35.5. The van der Waals surface area contributed by atoms with Crippen molar-refractivity contribution in [3.63, 3.8) is 0 Å². The van der Waals surface area contributed by atoms with Crippen LogP contribution in [0.4, 0.5) is 0 Å². The van der Waals surface area contributed by atoms with E-state index >= 15 is 0 Å². The Balaban J connectivity index is 0.00000261. The minimum Gasteiger partial charge on any atom is -0.495 e. The monoisotopic (exact) mass is 419 g/mol. The number of hydrogen-bond acceptors (Lipinski definition) is 7. The maximum absolute atomic E-state index is 13.1. The number of benzene rings is 1. The molecule has 2 aliphatic heterocycles. The predicted octanol–water partition coefficient (Wildman–Crippen LogP) is 0.572. The molecule has 1 N–H and O–H groups in total. The molecule has 0 spiro atoms. The Labute approximate surface area is 166 Å². The third kappa shape index (κ3) is 4.55. The molecule has 0 saturated carbocycles. The summed E-state index contributed by atoms with van der Waals surface area (Å²) in [4.78, 5) is 14.1. The summed E-state index contributed by atoms with van der Waals surface area (Å²) in [6.45, 7) is 4.71. The van der Waals surface area contributed by atoms with Gasteiger partial charge >= 0.3 is 5.97 Å². The molecule has 152 valence electrons. The largest absolute Gasteiger partial charge is 0.495 e. The number of nitrogens with one attached hydrogen (secondary N) is 1. The molecule has 2 heterocycles. The molecule has 2 saturated heterocycles. The Morgan fingerprint density at radius 2 is 1.89 bits per heavy atom. The summed E-state index contributed by atoms with van der Waals surface area (Å²) in [6, 6.07) is 4.51. The van der Waals surface area contributed by atoms with Gasteiger partial charge in [0, 0.05) is 45.3 Å². The van der Waals surface area contributed by atoms with Crippen LogP contribution in [0, 0.1) is 0 Å². The maximum Gasteiger partial charge on any atom is 0.337 e. The van der Waals surface area contributed by atoms with Crippen molar-refractivity contribution >= 4 is 28.4 Å². The van der Waals surface area contributed by atoms with Crippen molar-refractivity contribution in [3.8, 4) is 5.75 Å². The highest BCUT2D eigenvalue weighted by Crippen LogP contribution is 2.31. The fourth-order valence-electron chi connectivity index (χ4n) is 3.54. The second kappa shape index (κ2) is 9.20. The van der Waals surface area contributed by atoms with Gasteiger partial charge in [0.1, 0.15) is 10.6 Å². The van der Waals surface area contributed by atoms with Gasteiger partial charge in [0.2, 0.25) is 10.0 Å². The second-order valence-electron chi connectivity index (χ2n) is 6.45. The van der Waals surface area contributed by atoms with Crippen molar-refractivity contribution in [2.45, 2.75) is 17.4 Å². The molecule has 0 radical (unpaired) electrons. The van der Waals surface area contributed by atoms with E-state index in [2.05, 4.69) is 15.0 Å². The van der Waals surface area contributed by atoms with Crippen molar-refractivity contribution in [2.24, 2.45) is 0 Å². The lowest BCUT2D eigenvalue weighted by Crippen LogP contribution is -2.49. The quantitative estimate of drug-likeness (QED) is 0.698. The average molecular weight is 420 g/mol. The van der Waals surface area contributed by atoms with Gasteiger partial charge in [-0.3, -0.25) is 4.90 Å². The second-order valence-corrected chi connectivity index (χ2v) is 8.36. The number of sulfonamides is 1. The van der Waals surface area contributed by atoms with Crippen molar-refractivity contribution in [2.75, 3.05) is 53.5 Å². The van der Waals surface area contributed by atoms with Crippen molar-refractivity contribution in [3.05, 3.63) is 23.8 Å². The van der Waals surface area contributed by atoms with Crippen LogP contribution < -0.4 is 10.1 Å². The third-order valence-corrected chi connectivity index (χ3v) is 6.90. The van der Waals surface area contributed by atoms with Crippen LogP contribution in [0.5, 0.6) is 5.75 Å². The molecule has 0 aromatic heterocycles. The number of piperazine rings is 1. The molecule has 0 bridgehead atoms. The summed E-state index contributed by atoms with van der Waals surface area (Å²) in [5.41, 5.74) is 0.253. The van der Waals surface area contributed by atoms with Gasteiger partial charge in [-0.2, -0.15) is 4.31 Å². The summed E-state index contributed by atoms with van der Waals surface area (Å²) in [7, 11) is -1.02. The fraction of sp³-hybridized carbons (Fsp3) is 0.588. The van der Waals surface area contributed by atoms with E-state index in [0.29, 0.717) is 13.1 Å². The van der Waals surface area contributed by atoms with Gasteiger partial charge < -0.3 is 14.8 Å². The van der Waals surface area contributed by atoms with Gasteiger partial charge in [0.25, 0.3) is 0 Å². The maximum atomic E-state index is 13.1. The van der Waals surface area contributed by atoms with Crippen LogP contribution >= 0.6 is 12.4 Å². The Bertz CT molecular complexity index is 768. The highest BCUT2D eigenvalue weighted by Gasteiger charge is 2.37. The Morgan fingerprint density at radius 1 is 1.19 bits per heavy atom. The first-order valence-electron chi connectivity index (χ1n) is 8.68. The Kier molecular flexibility index (Phi) is 7.47. The Hall–Kier alpha value is -1.39. The van der Waals surface area contributed by atoms with Gasteiger partial charge in [0.05, 0.1) is 19.8 Å². The smallest absolute Gasteiger partial charge is 0.337 e. The molecule has 1 aromatic rings. The minimum atomic E-state index is -3.69. The first kappa shape index (κ1) is 21.9. The number of carbonyl (C=O) groups excluding carboxylic acids is 1. The minimum absolute atomic E-state index is 0. The van der Waals surface area contributed by atoms with E-state index in [1.807, 2.05) is 0 Å². The third-order valence-electron chi connectivity index (χ3n) is 5.00. The van der Waals surface area contributed by atoms with Gasteiger partial charge in [-0.25, -0.2) is 13.2 Å². The highest BCUT2D eigenvalue weighted by molar-refractivity contribution is 7.89. The van der Waals surface area contributed by atoms with Gasteiger partial charge in [-0.05, 0) is 24.6 Å².